The number of alkyl halides is 3. The molecule has 0 unspecified atom stereocenters. The topological polar surface area (TPSA) is 26.3 Å². The van der Waals surface area contributed by atoms with Gasteiger partial charge in [0.05, 0.1) is 0 Å². The average molecular weight is 390 g/mol. The van der Waals surface area contributed by atoms with E-state index in [-0.39, 0.29) is 5.58 Å². The van der Waals surface area contributed by atoms with Crippen LogP contribution in [0.3, 0.4) is 0 Å². The van der Waals surface area contributed by atoms with Crippen LogP contribution in [0, 0.1) is 6.92 Å². The van der Waals surface area contributed by atoms with Crippen molar-refractivity contribution in [1.82, 2.24) is 0 Å². The standard InChI is InChI=1S/C24H13F3O2/c1-12-10-13-2-4-17-15-7-9-20-18(16(15)6-8-19(17)22(13)28-12)5-3-14-11-21(24(25,26)27)29-23(14)20/h2-11H,1H3. The van der Waals surface area contributed by atoms with Gasteiger partial charge in [0.25, 0.3) is 0 Å². The molecule has 2 nitrogen and oxygen atoms in total. The number of hydrogen-bond donors (Lipinski definition) is 0. The lowest BCUT2D eigenvalue weighted by Gasteiger charge is -2.08. The fraction of sp³-hybridized carbons (Fsp3) is 0.0833. The molecule has 0 fully saturated rings. The number of halogens is 3. The molecule has 2 heterocycles. The van der Waals surface area contributed by atoms with Crippen molar-refractivity contribution in [3.8, 4) is 0 Å². The second kappa shape index (κ2) is 5.32. The lowest BCUT2D eigenvalue weighted by Crippen LogP contribution is -2.01. The molecule has 4 aromatic carbocycles. The molecule has 2 aromatic heterocycles. The van der Waals surface area contributed by atoms with Gasteiger partial charge in [0, 0.05) is 21.5 Å². The number of aryl methyl sites for hydroxylation is 1. The molecule has 142 valence electrons. The maximum absolute atomic E-state index is 13.1. The van der Waals surface area contributed by atoms with Crippen LogP contribution in [0.4, 0.5) is 13.2 Å². The third-order valence-corrected chi connectivity index (χ3v) is 5.56. The van der Waals surface area contributed by atoms with Crippen molar-refractivity contribution in [1.29, 1.82) is 0 Å². The highest BCUT2D eigenvalue weighted by molar-refractivity contribution is 6.23. The smallest absolute Gasteiger partial charge is 0.449 e. The maximum atomic E-state index is 13.1. The van der Waals surface area contributed by atoms with E-state index in [1.165, 1.54) is 0 Å². The Morgan fingerprint density at radius 1 is 0.586 bits per heavy atom. The predicted octanol–water partition coefficient (Wildman–Crippen LogP) is 7.97. The van der Waals surface area contributed by atoms with Crippen molar-refractivity contribution >= 4 is 54.3 Å². The van der Waals surface area contributed by atoms with E-state index in [1.807, 2.05) is 49.4 Å². The van der Waals surface area contributed by atoms with Gasteiger partial charge in [-0.15, -0.1) is 0 Å². The summed E-state index contributed by atoms with van der Waals surface area (Å²) in [6, 6.07) is 18.5. The van der Waals surface area contributed by atoms with Gasteiger partial charge in [-0.3, -0.25) is 0 Å². The fourth-order valence-electron chi connectivity index (χ4n) is 4.30. The fourth-order valence-corrected chi connectivity index (χ4v) is 4.30. The van der Waals surface area contributed by atoms with E-state index in [0.717, 1.165) is 49.7 Å². The quantitative estimate of drug-likeness (QED) is 0.246. The SMILES string of the molecule is Cc1cc2ccc3c4ccc5c(ccc6cc(C(F)(F)F)oc65)c4ccc3c2o1. The Morgan fingerprint density at radius 2 is 1.03 bits per heavy atom. The first-order chi connectivity index (χ1) is 13.9. The molecule has 29 heavy (non-hydrogen) atoms. The van der Waals surface area contributed by atoms with E-state index < -0.39 is 11.9 Å². The first kappa shape index (κ1) is 16.5. The van der Waals surface area contributed by atoms with Crippen molar-refractivity contribution in [3.63, 3.8) is 0 Å². The van der Waals surface area contributed by atoms with Crippen molar-refractivity contribution < 1.29 is 22.0 Å². The van der Waals surface area contributed by atoms with Gasteiger partial charge in [0.1, 0.15) is 16.9 Å². The highest BCUT2D eigenvalue weighted by atomic mass is 19.4. The van der Waals surface area contributed by atoms with E-state index in [4.69, 9.17) is 8.83 Å². The minimum absolute atomic E-state index is 0.258. The normalized spacial score (nSPS) is 12.8. The van der Waals surface area contributed by atoms with Crippen LogP contribution >= 0.6 is 0 Å². The summed E-state index contributed by atoms with van der Waals surface area (Å²) in [5.41, 5.74) is 1.10. The van der Waals surface area contributed by atoms with Gasteiger partial charge < -0.3 is 8.83 Å². The molecule has 0 amide bonds. The number of fused-ring (bicyclic) bond motifs is 9. The molecule has 5 heteroatoms. The van der Waals surface area contributed by atoms with Crippen molar-refractivity contribution in [2.24, 2.45) is 0 Å². The number of furan rings is 2. The number of benzene rings is 4. The second-order valence-electron chi connectivity index (χ2n) is 7.35. The third-order valence-electron chi connectivity index (χ3n) is 5.56. The zero-order valence-corrected chi connectivity index (χ0v) is 15.2. The summed E-state index contributed by atoms with van der Waals surface area (Å²) >= 11 is 0. The van der Waals surface area contributed by atoms with E-state index in [1.54, 1.807) is 6.07 Å². The van der Waals surface area contributed by atoms with Crippen molar-refractivity contribution in [2.75, 3.05) is 0 Å². The van der Waals surface area contributed by atoms with Crippen molar-refractivity contribution in [3.05, 3.63) is 72.2 Å². The molecule has 0 aliphatic heterocycles. The Bertz CT molecular complexity index is 1600. The van der Waals surface area contributed by atoms with Crippen LogP contribution in [-0.2, 0) is 6.18 Å². The molecule has 0 bridgehead atoms. The lowest BCUT2D eigenvalue weighted by molar-refractivity contribution is -0.152. The van der Waals surface area contributed by atoms with E-state index in [2.05, 4.69) is 6.07 Å². The molecular formula is C24H13F3O2. The summed E-state index contributed by atoms with van der Waals surface area (Å²) in [6.45, 7) is 1.92. The summed E-state index contributed by atoms with van der Waals surface area (Å²) < 4.78 is 50.3. The van der Waals surface area contributed by atoms with Gasteiger partial charge in [0.2, 0.25) is 5.76 Å². The van der Waals surface area contributed by atoms with Crippen molar-refractivity contribution in [2.45, 2.75) is 13.1 Å². The molecule has 0 aliphatic carbocycles. The molecule has 6 rings (SSSR count). The van der Waals surface area contributed by atoms with Crippen LogP contribution in [0.1, 0.15) is 11.5 Å². The zero-order valence-electron chi connectivity index (χ0n) is 15.2. The number of rotatable bonds is 0. The van der Waals surface area contributed by atoms with E-state index in [0.29, 0.717) is 10.8 Å². The number of hydrogen-bond acceptors (Lipinski definition) is 2. The van der Waals surface area contributed by atoms with Gasteiger partial charge in [-0.05, 0) is 52.7 Å². The Hall–Kier alpha value is -3.47. The van der Waals surface area contributed by atoms with Crippen LogP contribution in [0.25, 0.3) is 54.3 Å². The highest BCUT2D eigenvalue weighted by Gasteiger charge is 2.35. The van der Waals surface area contributed by atoms with Crippen LogP contribution in [0.15, 0.2) is 69.5 Å². The molecule has 0 atom stereocenters. The largest absolute Gasteiger partial charge is 0.461 e. The summed E-state index contributed by atoms with van der Waals surface area (Å²) in [7, 11) is 0. The predicted molar refractivity (Wildman–Crippen MR) is 108 cm³/mol. The average Bonchev–Trinajstić information content (AvgIpc) is 3.29. The molecule has 0 N–H and O–H groups in total. The van der Waals surface area contributed by atoms with E-state index in [9.17, 15) is 13.2 Å². The molecule has 0 saturated carbocycles. The molecule has 0 radical (unpaired) electrons. The summed E-state index contributed by atoms with van der Waals surface area (Å²) in [4.78, 5) is 0. The maximum Gasteiger partial charge on any atom is 0.449 e. The monoisotopic (exact) mass is 390 g/mol. The first-order valence-electron chi connectivity index (χ1n) is 9.18. The first-order valence-corrected chi connectivity index (χ1v) is 9.18. The minimum Gasteiger partial charge on any atom is -0.461 e. The highest BCUT2D eigenvalue weighted by Crippen LogP contribution is 2.40. The minimum atomic E-state index is -4.51. The summed E-state index contributed by atoms with van der Waals surface area (Å²) in [5.74, 6) is -0.124. The lowest BCUT2D eigenvalue weighted by atomic mass is 9.95. The molecule has 0 saturated heterocycles. The zero-order chi connectivity index (χ0) is 19.9. The Morgan fingerprint density at radius 3 is 1.62 bits per heavy atom. The van der Waals surface area contributed by atoms with Gasteiger partial charge in [-0.25, -0.2) is 0 Å². The van der Waals surface area contributed by atoms with Crippen LogP contribution in [-0.4, -0.2) is 0 Å². The molecular weight excluding hydrogens is 377 g/mol. The van der Waals surface area contributed by atoms with Crippen LogP contribution < -0.4 is 0 Å². The Kier molecular flexibility index (Phi) is 3.02. The third kappa shape index (κ3) is 2.24. The molecule has 6 aromatic rings. The van der Waals surface area contributed by atoms with E-state index >= 15 is 0 Å². The van der Waals surface area contributed by atoms with Gasteiger partial charge in [-0.2, -0.15) is 13.2 Å². The molecule has 0 aliphatic rings. The van der Waals surface area contributed by atoms with Crippen LogP contribution in [0.2, 0.25) is 0 Å². The van der Waals surface area contributed by atoms with Gasteiger partial charge in [0.15, 0.2) is 0 Å². The van der Waals surface area contributed by atoms with Crippen LogP contribution in [0.5, 0.6) is 0 Å². The Labute approximate surface area is 162 Å². The molecule has 0 spiro atoms. The van der Waals surface area contributed by atoms with Gasteiger partial charge >= 0.3 is 6.18 Å². The van der Waals surface area contributed by atoms with Gasteiger partial charge in [-0.1, -0.05) is 36.4 Å². The second-order valence-corrected chi connectivity index (χ2v) is 7.35. The summed E-state index contributed by atoms with van der Waals surface area (Å²) in [5, 5.41) is 7.06. The Balaban J connectivity index is 1.72. The summed E-state index contributed by atoms with van der Waals surface area (Å²) in [6.07, 6.45) is -4.51.